The highest BCUT2D eigenvalue weighted by Crippen LogP contribution is 2.32. The van der Waals surface area contributed by atoms with Gasteiger partial charge in [0.2, 0.25) is 0 Å². The van der Waals surface area contributed by atoms with Crippen LogP contribution in [0, 0.1) is 20.8 Å². The number of esters is 1. The monoisotopic (exact) mass is 475 g/mol. The molecule has 1 aromatic heterocycles. The molecule has 1 aliphatic rings. The second kappa shape index (κ2) is 10.5. The van der Waals surface area contributed by atoms with E-state index in [0.29, 0.717) is 36.9 Å². The van der Waals surface area contributed by atoms with E-state index in [1.807, 2.05) is 18.5 Å². The number of benzene rings is 2. The van der Waals surface area contributed by atoms with Gasteiger partial charge in [-0.15, -0.1) is 0 Å². The van der Waals surface area contributed by atoms with Crippen LogP contribution < -0.4 is 14.8 Å². The quantitative estimate of drug-likeness (QED) is 0.407. The third-order valence-corrected chi connectivity index (χ3v) is 5.75. The van der Waals surface area contributed by atoms with Gasteiger partial charge in [0, 0.05) is 29.1 Å². The molecule has 1 atom stereocenters. The Balaban J connectivity index is 1.35. The van der Waals surface area contributed by atoms with Gasteiger partial charge in [0.25, 0.3) is 5.91 Å². The second-order valence-corrected chi connectivity index (χ2v) is 8.49. The lowest BCUT2D eigenvalue weighted by atomic mass is 10.1. The van der Waals surface area contributed by atoms with E-state index >= 15 is 0 Å². The molecule has 2 heterocycles. The molecule has 1 unspecified atom stereocenters. The molecule has 8 nitrogen and oxygen atoms in total. The number of aryl methyl sites for hydroxylation is 2. The first-order chi connectivity index (χ1) is 16.8. The molecule has 2 aromatic carbocycles. The summed E-state index contributed by atoms with van der Waals surface area (Å²) in [6.07, 6.45) is 2.02. The number of carbonyl (C=O) groups is 2. The zero-order valence-corrected chi connectivity index (χ0v) is 20.3. The maximum absolute atomic E-state index is 12.5. The fourth-order valence-corrected chi connectivity index (χ4v) is 3.76. The number of anilines is 1. The molecule has 0 fully saturated rings. The molecule has 0 aliphatic carbocycles. The van der Waals surface area contributed by atoms with E-state index in [2.05, 4.69) is 41.6 Å². The molecule has 0 saturated heterocycles. The Morgan fingerprint density at radius 2 is 1.80 bits per heavy atom. The van der Waals surface area contributed by atoms with Gasteiger partial charge in [-0.05, 0) is 51.5 Å². The van der Waals surface area contributed by atoms with Gasteiger partial charge >= 0.3 is 5.97 Å². The molecular formula is C27H29N3O5. The van der Waals surface area contributed by atoms with E-state index in [1.54, 1.807) is 24.3 Å². The number of amides is 1. The number of hydrogen-bond donors (Lipinski definition) is 1. The van der Waals surface area contributed by atoms with Crippen LogP contribution in [-0.4, -0.2) is 41.0 Å². The van der Waals surface area contributed by atoms with Crippen LogP contribution in [0.2, 0.25) is 0 Å². The van der Waals surface area contributed by atoms with Crippen molar-refractivity contribution in [3.8, 4) is 11.5 Å². The molecule has 0 spiro atoms. The molecule has 1 aliphatic heterocycles. The molecule has 8 heteroatoms. The van der Waals surface area contributed by atoms with Crippen molar-refractivity contribution < 1.29 is 23.8 Å². The number of rotatable bonds is 7. The molecule has 0 radical (unpaired) electrons. The smallest absolute Gasteiger partial charge is 0.331 e. The fraction of sp³-hybridized carbons (Fsp3) is 0.296. The van der Waals surface area contributed by atoms with Gasteiger partial charge in [0.05, 0.1) is 12.2 Å². The summed E-state index contributed by atoms with van der Waals surface area (Å²) in [6, 6.07) is 13.4. The summed E-state index contributed by atoms with van der Waals surface area (Å²) in [6.45, 7) is 9.02. The van der Waals surface area contributed by atoms with Crippen molar-refractivity contribution in [1.82, 2.24) is 9.78 Å². The Morgan fingerprint density at radius 1 is 1.09 bits per heavy atom. The number of nitrogens with zero attached hydrogens (tertiary/aromatic N) is 2. The van der Waals surface area contributed by atoms with E-state index < -0.39 is 18.0 Å². The zero-order chi connectivity index (χ0) is 24.9. The Labute approximate surface area is 204 Å². The fourth-order valence-electron chi connectivity index (χ4n) is 3.76. The van der Waals surface area contributed by atoms with E-state index in [4.69, 9.17) is 14.2 Å². The summed E-state index contributed by atoms with van der Waals surface area (Å²) in [4.78, 5) is 24.9. The number of ether oxygens (including phenoxy) is 3. The minimum absolute atomic E-state index is 0.443. The highest BCUT2D eigenvalue weighted by Gasteiger charge is 2.19. The summed E-state index contributed by atoms with van der Waals surface area (Å²) in [7, 11) is 0. The number of hydrogen-bond acceptors (Lipinski definition) is 6. The Hall–Kier alpha value is -4.07. The lowest BCUT2D eigenvalue weighted by Crippen LogP contribution is -2.29. The van der Waals surface area contributed by atoms with E-state index in [9.17, 15) is 9.59 Å². The van der Waals surface area contributed by atoms with Crippen molar-refractivity contribution in [2.75, 3.05) is 18.5 Å². The second-order valence-electron chi connectivity index (χ2n) is 8.49. The van der Waals surface area contributed by atoms with Crippen molar-refractivity contribution in [3.63, 3.8) is 0 Å². The predicted octanol–water partition coefficient (Wildman–Crippen LogP) is 4.21. The maximum Gasteiger partial charge on any atom is 0.331 e. The van der Waals surface area contributed by atoms with Crippen LogP contribution in [0.1, 0.15) is 35.0 Å². The van der Waals surface area contributed by atoms with E-state index in [-0.39, 0.29) is 0 Å². The summed E-state index contributed by atoms with van der Waals surface area (Å²) in [5.41, 5.74) is 5.49. The van der Waals surface area contributed by atoms with Crippen molar-refractivity contribution in [3.05, 3.63) is 76.6 Å². The summed E-state index contributed by atoms with van der Waals surface area (Å²) >= 11 is 0. The number of aromatic nitrogens is 2. The molecule has 1 N–H and O–H groups in total. The molecule has 0 bridgehead atoms. The molecule has 0 saturated carbocycles. The molecule has 4 rings (SSSR count). The van der Waals surface area contributed by atoms with Gasteiger partial charge in [0.1, 0.15) is 13.2 Å². The Bertz CT molecular complexity index is 1260. The lowest BCUT2D eigenvalue weighted by molar-refractivity contribution is -0.148. The molecule has 3 aromatic rings. The van der Waals surface area contributed by atoms with Crippen LogP contribution in [0.15, 0.2) is 48.5 Å². The third-order valence-electron chi connectivity index (χ3n) is 5.75. The topological polar surface area (TPSA) is 91.7 Å². The lowest BCUT2D eigenvalue weighted by Gasteiger charge is -2.19. The van der Waals surface area contributed by atoms with Crippen LogP contribution in [-0.2, 0) is 20.9 Å². The van der Waals surface area contributed by atoms with Gasteiger partial charge < -0.3 is 19.5 Å². The standard InChI is InChI=1S/C27H29N3O5/c1-17-5-7-21(8-6-17)16-30-19(3)23(18(2)29-30)10-12-26(31)35-20(4)27(32)28-22-9-11-24-25(15-22)34-14-13-33-24/h5-12,15,20H,13-14,16H2,1-4H3,(H,28,32)/b12-10+. The van der Waals surface area contributed by atoms with E-state index in [0.717, 1.165) is 22.5 Å². The Kier molecular flexibility index (Phi) is 7.19. The molecule has 35 heavy (non-hydrogen) atoms. The van der Waals surface area contributed by atoms with Gasteiger partial charge in [-0.25, -0.2) is 4.79 Å². The normalized spacial score (nSPS) is 13.5. The SMILES string of the molecule is Cc1ccc(Cn2nc(C)c(/C=C/C(=O)OC(C)C(=O)Nc3ccc4c(c3)OCCO4)c2C)cc1. The van der Waals surface area contributed by atoms with Crippen LogP contribution in [0.4, 0.5) is 5.69 Å². The van der Waals surface area contributed by atoms with Crippen LogP contribution in [0.5, 0.6) is 11.5 Å². The van der Waals surface area contributed by atoms with Crippen molar-refractivity contribution in [2.24, 2.45) is 0 Å². The van der Waals surface area contributed by atoms with Crippen LogP contribution >= 0.6 is 0 Å². The molecular weight excluding hydrogens is 446 g/mol. The van der Waals surface area contributed by atoms with Gasteiger partial charge in [-0.3, -0.25) is 9.48 Å². The third kappa shape index (κ3) is 5.90. The molecule has 182 valence electrons. The minimum atomic E-state index is -0.980. The average molecular weight is 476 g/mol. The van der Waals surface area contributed by atoms with Crippen molar-refractivity contribution in [1.29, 1.82) is 0 Å². The maximum atomic E-state index is 12.5. The highest BCUT2D eigenvalue weighted by molar-refractivity contribution is 5.97. The van der Waals surface area contributed by atoms with Gasteiger partial charge in [0.15, 0.2) is 17.6 Å². The summed E-state index contributed by atoms with van der Waals surface area (Å²) in [5.74, 6) is 0.142. The number of nitrogens with one attached hydrogen (secondary N) is 1. The highest BCUT2D eigenvalue weighted by atomic mass is 16.6. The number of fused-ring (bicyclic) bond motifs is 1. The summed E-state index contributed by atoms with van der Waals surface area (Å²) in [5, 5.41) is 7.33. The van der Waals surface area contributed by atoms with Crippen molar-refractivity contribution in [2.45, 2.75) is 40.3 Å². The van der Waals surface area contributed by atoms with Gasteiger partial charge in [-0.1, -0.05) is 29.8 Å². The van der Waals surface area contributed by atoms with Crippen LogP contribution in [0.25, 0.3) is 6.08 Å². The van der Waals surface area contributed by atoms with E-state index in [1.165, 1.54) is 18.6 Å². The average Bonchev–Trinajstić information content (AvgIpc) is 3.11. The Morgan fingerprint density at radius 3 is 2.54 bits per heavy atom. The first kappa shape index (κ1) is 24.1. The first-order valence-corrected chi connectivity index (χ1v) is 11.5. The summed E-state index contributed by atoms with van der Waals surface area (Å²) < 4.78 is 18.2. The van der Waals surface area contributed by atoms with Gasteiger partial charge in [-0.2, -0.15) is 5.10 Å². The van der Waals surface area contributed by atoms with Crippen molar-refractivity contribution >= 4 is 23.6 Å². The predicted molar refractivity (Wildman–Crippen MR) is 133 cm³/mol. The first-order valence-electron chi connectivity index (χ1n) is 11.5. The zero-order valence-electron chi connectivity index (χ0n) is 20.3. The number of carbonyl (C=O) groups excluding carboxylic acids is 2. The van der Waals surface area contributed by atoms with Crippen LogP contribution in [0.3, 0.4) is 0 Å². The minimum Gasteiger partial charge on any atom is -0.486 e. The largest absolute Gasteiger partial charge is 0.486 e. The molecule has 1 amide bonds.